The summed E-state index contributed by atoms with van der Waals surface area (Å²) < 4.78 is 5.16. The van der Waals surface area contributed by atoms with Crippen LogP contribution in [0.25, 0.3) is 0 Å². The average molecular weight is 512 g/mol. The minimum absolute atomic E-state index is 0.0673. The van der Waals surface area contributed by atoms with Crippen molar-refractivity contribution < 1.29 is 24.5 Å². The Hall–Kier alpha value is -2.93. The third-order valence-corrected chi connectivity index (χ3v) is 9.25. The van der Waals surface area contributed by atoms with E-state index in [2.05, 4.69) is 23.5 Å². The van der Waals surface area contributed by atoms with Crippen molar-refractivity contribution in [2.45, 2.75) is 51.6 Å². The van der Waals surface area contributed by atoms with Gasteiger partial charge in [0.2, 0.25) is 5.91 Å². The van der Waals surface area contributed by atoms with Crippen LogP contribution in [-0.4, -0.2) is 53.4 Å². The van der Waals surface area contributed by atoms with Crippen LogP contribution in [0.2, 0.25) is 0 Å². The van der Waals surface area contributed by atoms with Crippen molar-refractivity contribution >= 4 is 28.3 Å². The summed E-state index contributed by atoms with van der Waals surface area (Å²) in [6, 6.07) is 6.81. The first-order valence-electron chi connectivity index (χ1n) is 12.1. The summed E-state index contributed by atoms with van der Waals surface area (Å²) in [5.41, 5.74) is 0.194. The number of thiazole rings is 1. The van der Waals surface area contributed by atoms with E-state index in [0.717, 1.165) is 10.6 Å². The van der Waals surface area contributed by atoms with Crippen LogP contribution in [0.3, 0.4) is 0 Å². The molecule has 1 saturated carbocycles. The maximum Gasteiger partial charge on any atom is 0.257 e. The molecule has 0 spiro atoms. The number of terminal acetylenes is 1. The molecule has 0 radical (unpaired) electrons. The van der Waals surface area contributed by atoms with Gasteiger partial charge in [0, 0.05) is 28.2 Å². The molecular formula is C27H33N3O5S. The van der Waals surface area contributed by atoms with Gasteiger partial charge in [-0.15, -0.1) is 17.8 Å². The molecule has 4 N–H and O–H groups in total. The molecule has 0 aliphatic heterocycles. The first-order chi connectivity index (χ1) is 17.2. The largest absolute Gasteiger partial charge is 0.497 e. The number of nitrogens with one attached hydrogen (secondary N) is 2. The number of aromatic nitrogens is 1. The smallest absolute Gasteiger partial charge is 0.257 e. The number of aliphatic hydroxyl groups is 2. The van der Waals surface area contributed by atoms with Crippen LogP contribution in [0.5, 0.6) is 5.75 Å². The predicted molar refractivity (Wildman–Crippen MR) is 138 cm³/mol. The summed E-state index contributed by atoms with van der Waals surface area (Å²) in [5, 5.41) is 27.3. The lowest BCUT2D eigenvalue weighted by Crippen LogP contribution is -2.57. The quantitative estimate of drug-likeness (QED) is 0.424. The van der Waals surface area contributed by atoms with Gasteiger partial charge in [-0.3, -0.25) is 14.9 Å². The Morgan fingerprint density at radius 3 is 2.67 bits per heavy atom. The second-order valence-electron chi connectivity index (χ2n) is 10.2. The summed E-state index contributed by atoms with van der Waals surface area (Å²) in [6.45, 7) is 4.05. The normalized spacial score (nSPS) is 28.8. The molecule has 2 aliphatic rings. The lowest BCUT2D eigenvalue weighted by molar-refractivity contribution is -0.144. The van der Waals surface area contributed by atoms with Gasteiger partial charge in [-0.05, 0) is 54.9 Å². The van der Waals surface area contributed by atoms with Crippen LogP contribution < -0.4 is 15.4 Å². The van der Waals surface area contributed by atoms with E-state index in [1.807, 2.05) is 6.92 Å². The molecule has 4 rings (SSSR count). The molecule has 2 aliphatic carbocycles. The van der Waals surface area contributed by atoms with Crippen LogP contribution in [0, 0.1) is 29.1 Å². The predicted octanol–water partition coefficient (Wildman–Crippen LogP) is 2.96. The van der Waals surface area contributed by atoms with Crippen LogP contribution in [-0.2, 0) is 11.2 Å². The highest BCUT2D eigenvalue weighted by Gasteiger charge is 2.59. The van der Waals surface area contributed by atoms with E-state index < -0.39 is 11.5 Å². The zero-order valence-electron chi connectivity index (χ0n) is 20.8. The third-order valence-electron chi connectivity index (χ3n) is 8.24. The minimum Gasteiger partial charge on any atom is -0.497 e. The van der Waals surface area contributed by atoms with Gasteiger partial charge in [0.1, 0.15) is 5.75 Å². The molecular weight excluding hydrogens is 478 g/mol. The maximum absolute atomic E-state index is 12.9. The number of amides is 2. The summed E-state index contributed by atoms with van der Waals surface area (Å²) >= 11 is 1.39. The van der Waals surface area contributed by atoms with E-state index in [-0.39, 0.29) is 48.6 Å². The Kier molecular flexibility index (Phi) is 7.41. The van der Waals surface area contributed by atoms with Gasteiger partial charge in [0.25, 0.3) is 5.91 Å². The van der Waals surface area contributed by atoms with Crippen molar-refractivity contribution in [2.24, 2.45) is 16.7 Å². The fraction of sp³-hybridized carbons (Fsp3) is 0.519. The Bertz CT molecular complexity index is 1170. The number of methoxy groups -OCH3 is 1. The molecule has 192 valence electrons. The maximum atomic E-state index is 12.9. The van der Waals surface area contributed by atoms with Crippen molar-refractivity contribution in [3.8, 4) is 18.1 Å². The van der Waals surface area contributed by atoms with Crippen LogP contribution in [0.4, 0.5) is 5.13 Å². The standard InChI is InChI=1S/C27H33N3O5S/c1-5-12-28-22(33)13-18-23-19(14-20-26(18,2)11-10-21(32)27(20,3)15-31)36-25(29-23)30-24(34)16-6-8-17(35-4)9-7-16/h1,6-9,18,20-21,31-32H,10-15H2,2-4H3,(H,28,33)(H,29,30,34). The number of anilines is 1. The lowest BCUT2D eigenvalue weighted by Gasteiger charge is -2.58. The average Bonchev–Trinajstić information content (AvgIpc) is 3.28. The number of rotatable bonds is 7. The van der Waals surface area contributed by atoms with E-state index in [1.54, 1.807) is 31.4 Å². The number of carbonyl (C=O) groups is 2. The number of ether oxygens (including phenoxy) is 1. The molecule has 36 heavy (non-hydrogen) atoms. The Balaban J connectivity index is 1.68. The molecule has 8 nitrogen and oxygen atoms in total. The van der Waals surface area contributed by atoms with Crippen molar-refractivity contribution in [2.75, 3.05) is 25.6 Å². The van der Waals surface area contributed by atoms with E-state index in [1.165, 1.54) is 11.3 Å². The number of aliphatic hydroxyl groups excluding tert-OH is 2. The molecule has 1 aromatic carbocycles. The Labute approximate surface area is 215 Å². The highest BCUT2D eigenvalue weighted by atomic mass is 32.1. The monoisotopic (exact) mass is 511 g/mol. The fourth-order valence-corrected chi connectivity index (χ4v) is 7.08. The first-order valence-corrected chi connectivity index (χ1v) is 12.9. The number of nitrogens with zero attached hydrogens (tertiary/aromatic N) is 1. The van der Waals surface area contributed by atoms with E-state index in [0.29, 0.717) is 35.7 Å². The minimum atomic E-state index is -0.714. The number of hydrogen-bond acceptors (Lipinski definition) is 7. The molecule has 1 fully saturated rings. The van der Waals surface area contributed by atoms with Gasteiger partial charge in [-0.1, -0.05) is 19.8 Å². The van der Waals surface area contributed by atoms with Gasteiger partial charge in [-0.2, -0.15) is 0 Å². The van der Waals surface area contributed by atoms with E-state index in [9.17, 15) is 19.8 Å². The molecule has 1 aromatic heterocycles. The van der Waals surface area contributed by atoms with Crippen LogP contribution >= 0.6 is 11.3 Å². The second kappa shape index (κ2) is 10.2. The van der Waals surface area contributed by atoms with Crippen LogP contribution in [0.1, 0.15) is 60.0 Å². The van der Waals surface area contributed by atoms with Crippen molar-refractivity contribution in [3.63, 3.8) is 0 Å². The van der Waals surface area contributed by atoms with Gasteiger partial charge in [-0.25, -0.2) is 4.98 Å². The highest BCUT2D eigenvalue weighted by Crippen LogP contribution is 2.62. The van der Waals surface area contributed by atoms with Gasteiger partial charge < -0.3 is 20.3 Å². The lowest BCUT2D eigenvalue weighted by atomic mass is 9.47. The first kappa shape index (κ1) is 26.1. The molecule has 0 saturated heterocycles. The van der Waals surface area contributed by atoms with Crippen LogP contribution in [0.15, 0.2) is 24.3 Å². The SMILES string of the molecule is C#CCNC(=O)CC1c2nc(NC(=O)c3ccc(OC)cc3)sc2CC2C(C)(CO)C(O)CCC12C. The van der Waals surface area contributed by atoms with E-state index >= 15 is 0 Å². The van der Waals surface area contributed by atoms with Crippen molar-refractivity contribution in [1.29, 1.82) is 0 Å². The zero-order chi connectivity index (χ0) is 26.1. The van der Waals surface area contributed by atoms with Gasteiger partial charge in [0.15, 0.2) is 5.13 Å². The molecule has 1 heterocycles. The van der Waals surface area contributed by atoms with Gasteiger partial charge in [0.05, 0.1) is 32.1 Å². The summed E-state index contributed by atoms with van der Waals surface area (Å²) in [7, 11) is 1.57. The number of hydrogen-bond donors (Lipinski definition) is 4. The highest BCUT2D eigenvalue weighted by molar-refractivity contribution is 7.15. The number of fused-ring (bicyclic) bond motifs is 2. The second-order valence-corrected chi connectivity index (χ2v) is 11.3. The number of carbonyl (C=O) groups excluding carboxylic acids is 2. The molecule has 2 amide bonds. The molecule has 5 unspecified atom stereocenters. The Morgan fingerprint density at radius 2 is 2.03 bits per heavy atom. The summed E-state index contributed by atoms with van der Waals surface area (Å²) in [4.78, 5) is 31.5. The molecule has 5 atom stereocenters. The molecule has 0 bridgehead atoms. The number of benzene rings is 1. The van der Waals surface area contributed by atoms with Gasteiger partial charge >= 0.3 is 0 Å². The van der Waals surface area contributed by atoms with Crippen molar-refractivity contribution in [1.82, 2.24) is 10.3 Å². The topological polar surface area (TPSA) is 121 Å². The summed E-state index contributed by atoms with van der Waals surface area (Å²) in [5.74, 6) is 2.32. The molecule has 9 heteroatoms. The Morgan fingerprint density at radius 1 is 1.31 bits per heavy atom. The third kappa shape index (κ3) is 4.61. The molecule has 2 aromatic rings. The van der Waals surface area contributed by atoms with Crippen molar-refractivity contribution in [3.05, 3.63) is 40.4 Å². The fourth-order valence-electron chi connectivity index (χ4n) is 6.02. The zero-order valence-corrected chi connectivity index (χ0v) is 21.7. The van der Waals surface area contributed by atoms with E-state index in [4.69, 9.17) is 16.1 Å². The summed E-state index contributed by atoms with van der Waals surface area (Å²) in [6.07, 6.45) is 6.72.